The Balaban J connectivity index is 2.70. The molecule has 0 aliphatic rings. The molecule has 0 aliphatic carbocycles. The fourth-order valence-corrected chi connectivity index (χ4v) is 3.35. The van der Waals surface area contributed by atoms with E-state index >= 15 is 0 Å². The SMILES string of the molecule is C=CC[C@@H](CC(=O)N[C@H](C)CO)C(=O)N[C@H](COC(=O)[C@@H](CC=C)NC(=O)OCc1ccccc1)C(C)C. The van der Waals surface area contributed by atoms with Crippen molar-refractivity contribution in [2.24, 2.45) is 11.8 Å². The van der Waals surface area contributed by atoms with Crippen LogP contribution in [0.3, 0.4) is 0 Å². The van der Waals surface area contributed by atoms with Gasteiger partial charge in [0.15, 0.2) is 0 Å². The summed E-state index contributed by atoms with van der Waals surface area (Å²) in [6.45, 7) is 12.4. The quantitative estimate of drug-likeness (QED) is 0.179. The number of aliphatic hydroxyl groups excluding tert-OH is 1. The van der Waals surface area contributed by atoms with Gasteiger partial charge in [0.25, 0.3) is 0 Å². The van der Waals surface area contributed by atoms with Gasteiger partial charge >= 0.3 is 12.1 Å². The van der Waals surface area contributed by atoms with Crippen LogP contribution >= 0.6 is 0 Å². The second-order valence-electron chi connectivity index (χ2n) is 9.35. The predicted molar refractivity (Wildman–Crippen MR) is 144 cm³/mol. The van der Waals surface area contributed by atoms with Crippen LogP contribution < -0.4 is 16.0 Å². The van der Waals surface area contributed by atoms with Crippen LogP contribution in [0.25, 0.3) is 0 Å². The highest BCUT2D eigenvalue weighted by molar-refractivity contribution is 5.86. The third-order valence-corrected chi connectivity index (χ3v) is 5.66. The number of carbonyl (C=O) groups is 4. The van der Waals surface area contributed by atoms with Crippen molar-refractivity contribution in [2.75, 3.05) is 13.2 Å². The molecule has 1 aromatic rings. The smallest absolute Gasteiger partial charge is 0.408 e. The molecule has 4 atom stereocenters. The largest absolute Gasteiger partial charge is 0.462 e. The van der Waals surface area contributed by atoms with Crippen molar-refractivity contribution in [3.63, 3.8) is 0 Å². The summed E-state index contributed by atoms with van der Waals surface area (Å²) in [5.41, 5.74) is 0.802. The van der Waals surface area contributed by atoms with Crippen molar-refractivity contribution in [1.29, 1.82) is 0 Å². The molecule has 0 bridgehead atoms. The summed E-state index contributed by atoms with van der Waals surface area (Å²) in [6, 6.07) is 7.15. The number of hydrogen-bond donors (Lipinski definition) is 4. The number of esters is 1. The minimum absolute atomic E-state index is 0.0484. The van der Waals surface area contributed by atoms with Gasteiger partial charge in [0.05, 0.1) is 18.6 Å². The van der Waals surface area contributed by atoms with Gasteiger partial charge in [-0.2, -0.15) is 0 Å². The van der Waals surface area contributed by atoms with Gasteiger partial charge in [-0.1, -0.05) is 56.3 Å². The van der Waals surface area contributed by atoms with E-state index in [0.29, 0.717) is 0 Å². The zero-order valence-corrected chi connectivity index (χ0v) is 22.5. The molecule has 38 heavy (non-hydrogen) atoms. The Kier molecular flexibility index (Phi) is 15.1. The lowest BCUT2D eigenvalue weighted by Crippen LogP contribution is -2.48. The van der Waals surface area contributed by atoms with Crippen molar-refractivity contribution in [2.45, 2.75) is 64.8 Å². The molecule has 1 aromatic carbocycles. The summed E-state index contributed by atoms with van der Waals surface area (Å²) >= 11 is 0. The molecule has 10 heteroatoms. The van der Waals surface area contributed by atoms with Crippen LogP contribution in [-0.2, 0) is 30.5 Å². The lowest BCUT2D eigenvalue weighted by Gasteiger charge is -2.26. The zero-order valence-electron chi connectivity index (χ0n) is 22.5. The third kappa shape index (κ3) is 12.5. The Labute approximate surface area is 224 Å². The molecular weight excluding hydrogens is 490 g/mol. The number of carbonyl (C=O) groups excluding carboxylic acids is 4. The van der Waals surface area contributed by atoms with Crippen LogP contribution in [0, 0.1) is 11.8 Å². The fraction of sp³-hybridized carbons (Fsp3) is 0.500. The van der Waals surface area contributed by atoms with Crippen LogP contribution in [0.4, 0.5) is 4.79 Å². The Hall–Kier alpha value is -3.66. The van der Waals surface area contributed by atoms with E-state index in [0.717, 1.165) is 5.56 Å². The Morgan fingerprint density at radius 3 is 2.18 bits per heavy atom. The number of rotatable bonds is 17. The molecule has 1 rings (SSSR count). The van der Waals surface area contributed by atoms with E-state index in [9.17, 15) is 19.2 Å². The topological polar surface area (TPSA) is 143 Å². The molecule has 0 saturated carbocycles. The van der Waals surface area contributed by atoms with Gasteiger partial charge in [-0.25, -0.2) is 9.59 Å². The number of allylic oxidation sites excluding steroid dienone is 1. The van der Waals surface area contributed by atoms with Crippen LogP contribution in [0.1, 0.15) is 45.6 Å². The van der Waals surface area contributed by atoms with Crippen molar-refractivity contribution >= 4 is 23.9 Å². The van der Waals surface area contributed by atoms with E-state index in [1.54, 1.807) is 13.0 Å². The average molecular weight is 532 g/mol. The van der Waals surface area contributed by atoms with Crippen LogP contribution in [0.2, 0.25) is 0 Å². The van der Waals surface area contributed by atoms with E-state index < -0.39 is 36.1 Å². The molecule has 0 aromatic heterocycles. The lowest BCUT2D eigenvalue weighted by atomic mass is 9.97. The van der Waals surface area contributed by atoms with Crippen LogP contribution in [0.15, 0.2) is 55.6 Å². The van der Waals surface area contributed by atoms with Gasteiger partial charge < -0.3 is 30.5 Å². The summed E-state index contributed by atoms with van der Waals surface area (Å²) in [4.78, 5) is 50.1. The predicted octanol–water partition coefficient (Wildman–Crippen LogP) is 2.62. The first-order chi connectivity index (χ1) is 18.1. The zero-order chi connectivity index (χ0) is 28.5. The van der Waals surface area contributed by atoms with Gasteiger partial charge in [-0.15, -0.1) is 13.2 Å². The third-order valence-electron chi connectivity index (χ3n) is 5.66. The summed E-state index contributed by atoms with van der Waals surface area (Å²) in [6.07, 6.45) is 2.58. The first-order valence-corrected chi connectivity index (χ1v) is 12.7. The normalized spacial score (nSPS) is 13.8. The number of benzene rings is 1. The van der Waals surface area contributed by atoms with E-state index in [4.69, 9.17) is 14.6 Å². The molecule has 10 nitrogen and oxygen atoms in total. The van der Waals surface area contributed by atoms with Gasteiger partial charge in [0, 0.05) is 12.5 Å². The van der Waals surface area contributed by atoms with Gasteiger partial charge in [-0.3, -0.25) is 9.59 Å². The number of amides is 3. The summed E-state index contributed by atoms with van der Waals surface area (Å²) < 4.78 is 10.6. The summed E-state index contributed by atoms with van der Waals surface area (Å²) in [5, 5.41) is 17.1. The molecule has 4 N–H and O–H groups in total. The maximum Gasteiger partial charge on any atom is 0.408 e. The minimum atomic E-state index is -1.01. The highest BCUT2D eigenvalue weighted by Gasteiger charge is 2.27. The summed E-state index contributed by atoms with van der Waals surface area (Å²) in [5.74, 6) is -2.21. The van der Waals surface area contributed by atoms with E-state index in [1.165, 1.54) is 6.08 Å². The Morgan fingerprint density at radius 2 is 1.61 bits per heavy atom. The molecule has 0 unspecified atom stereocenters. The molecular formula is C28H41N3O7. The maximum atomic E-state index is 12.9. The highest BCUT2D eigenvalue weighted by atomic mass is 16.6. The van der Waals surface area contributed by atoms with Gasteiger partial charge in [0.2, 0.25) is 11.8 Å². The summed E-state index contributed by atoms with van der Waals surface area (Å²) in [7, 11) is 0. The van der Waals surface area contributed by atoms with E-state index in [2.05, 4.69) is 29.1 Å². The van der Waals surface area contributed by atoms with Crippen molar-refractivity contribution in [3.05, 3.63) is 61.2 Å². The van der Waals surface area contributed by atoms with E-state index in [1.807, 2.05) is 44.2 Å². The van der Waals surface area contributed by atoms with Gasteiger partial charge in [0.1, 0.15) is 19.3 Å². The molecule has 210 valence electrons. The van der Waals surface area contributed by atoms with Crippen molar-refractivity contribution in [3.8, 4) is 0 Å². The molecule has 0 fully saturated rings. The highest BCUT2D eigenvalue weighted by Crippen LogP contribution is 2.13. The van der Waals surface area contributed by atoms with Crippen LogP contribution in [-0.4, -0.2) is 60.3 Å². The molecule has 0 saturated heterocycles. The maximum absolute atomic E-state index is 12.9. The van der Waals surface area contributed by atoms with Crippen molar-refractivity contribution < 1.29 is 33.8 Å². The lowest BCUT2D eigenvalue weighted by molar-refractivity contribution is -0.148. The number of aliphatic hydroxyl groups is 1. The first-order valence-electron chi connectivity index (χ1n) is 12.7. The molecule has 0 heterocycles. The molecule has 0 spiro atoms. The van der Waals surface area contributed by atoms with Gasteiger partial charge in [-0.05, 0) is 31.2 Å². The minimum Gasteiger partial charge on any atom is -0.462 e. The van der Waals surface area contributed by atoms with E-state index in [-0.39, 0.29) is 56.8 Å². The number of nitrogens with one attached hydrogen (secondary N) is 3. The van der Waals surface area contributed by atoms with Crippen LogP contribution in [0.5, 0.6) is 0 Å². The molecule has 0 aliphatic heterocycles. The Morgan fingerprint density at radius 1 is 0.947 bits per heavy atom. The number of hydrogen-bond acceptors (Lipinski definition) is 7. The fourth-order valence-electron chi connectivity index (χ4n) is 3.35. The standard InChI is InChI=1S/C28H41N3O7/c1-6-11-22(15-25(33)29-20(5)16-32)26(34)30-24(19(3)4)18-37-27(35)23(12-7-2)31-28(36)38-17-21-13-9-8-10-14-21/h6-10,13-14,19-20,22-24,32H,1-2,11-12,15-18H2,3-5H3,(H,29,33)(H,30,34)(H,31,36)/t20-,22+,23-,24-/m1/s1. The second kappa shape index (κ2) is 17.7. The number of ether oxygens (including phenoxy) is 2. The average Bonchev–Trinajstić information content (AvgIpc) is 2.89. The number of alkyl carbamates (subject to hydrolysis) is 1. The second-order valence-corrected chi connectivity index (χ2v) is 9.35. The monoisotopic (exact) mass is 531 g/mol. The van der Waals surface area contributed by atoms with Crippen molar-refractivity contribution in [1.82, 2.24) is 16.0 Å². The Bertz CT molecular complexity index is 920. The molecule has 0 radical (unpaired) electrons. The first kappa shape index (κ1) is 32.4. The molecule has 3 amide bonds.